The second kappa shape index (κ2) is 4.35. The van der Waals surface area contributed by atoms with Gasteiger partial charge in [0.15, 0.2) is 0 Å². The maximum atomic E-state index is 5.85. The minimum atomic E-state index is -0.827. The standard InChI is InChI=1S/C13H14NOSi/c1-2-6-12-11(5-1)7-8-13(14-12)16-10-4-3-9-15-16/h1-2,5-8H,3-4,9-10H2. The summed E-state index contributed by atoms with van der Waals surface area (Å²) in [6.45, 7) is 0.919. The van der Waals surface area contributed by atoms with Crippen molar-refractivity contribution in [3.63, 3.8) is 0 Å². The predicted octanol–water partition coefficient (Wildman–Crippen LogP) is 2.24. The van der Waals surface area contributed by atoms with Gasteiger partial charge in [-0.2, -0.15) is 0 Å². The highest BCUT2D eigenvalue weighted by Crippen LogP contribution is 2.13. The largest absolute Gasteiger partial charge is 0.410 e. The van der Waals surface area contributed by atoms with Gasteiger partial charge in [-0.25, -0.2) is 0 Å². The van der Waals surface area contributed by atoms with Crippen LogP contribution in [0.3, 0.4) is 0 Å². The maximum absolute atomic E-state index is 5.85. The number of benzene rings is 1. The van der Waals surface area contributed by atoms with Crippen LogP contribution in [0.5, 0.6) is 0 Å². The first-order valence-corrected chi connectivity index (χ1v) is 7.40. The molecule has 3 heteroatoms. The van der Waals surface area contributed by atoms with E-state index in [1.54, 1.807) is 0 Å². The molecule has 1 fully saturated rings. The van der Waals surface area contributed by atoms with E-state index in [9.17, 15) is 0 Å². The van der Waals surface area contributed by atoms with Crippen molar-refractivity contribution in [1.29, 1.82) is 0 Å². The molecule has 2 nitrogen and oxygen atoms in total. The smallest absolute Gasteiger partial charge is 0.266 e. The van der Waals surface area contributed by atoms with Gasteiger partial charge in [-0.15, -0.1) is 0 Å². The Balaban J connectivity index is 1.97. The molecule has 81 valence electrons. The fourth-order valence-electron chi connectivity index (χ4n) is 2.08. The van der Waals surface area contributed by atoms with E-state index in [4.69, 9.17) is 9.41 Å². The Morgan fingerprint density at radius 1 is 1.06 bits per heavy atom. The molecule has 0 saturated carbocycles. The topological polar surface area (TPSA) is 22.1 Å². The number of rotatable bonds is 1. The van der Waals surface area contributed by atoms with Crippen LogP contribution in [-0.2, 0) is 4.43 Å². The lowest BCUT2D eigenvalue weighted by Crippen LogP contribution is -2.38. The molecule has 0 bridgehead atoms. The Bertz CT molecular complexity index is 494. The summed E-state index contributed by atoms with van der Waals surface area (Å²) in [5, 5.41) is 2.40. The van der Waals surface area contributed by atoms with E-state index in [1.807, 2.05) is 6.07 Å². The van der Waals surface area contributed by atoms with Gasteiger partial charge in [0.25, 0.3) is 9.04 Å². The van der Waals surface area contributed by atoms with E-state index in [0.29, 0.717) is 0 Å². The van der Waals surface area contributed by atoms with Crippen LogP contribution in [-0.4, -0.2) is 20.6 Å². The van der Waals surface area contributed by atoms with E-state index < -0.39 is 9.04 Å². The van der Waals surface area contributed by atoms with Gasteiger partial charge in [-0.1, -0.05) is 30.7 Å². The summed E-state index contributed by atoms with van der Waals surface area (Å²) in [5.41, 5.74) is 1.09. The van der Waals surface area contributed by atoms with Crippen molar-refractivity contribution in [2.45, 2.75) is 18.9 Å². The summed E-state index contributed by atoms with van der Waals surface area (Å²) in [7, 11) is -0.827. The highest BCUT2D eigenvalue weighted by molar-refractivity contribution is 6.66. The van der Waals surface area contributed by atoms with Crippen LogP contribution in [0, 0.1) is 0 Å². The Morgan fingerprint density at radius 2 is 2.00 bits per heavy atom. The van der Waals surface area contributed by atoms with Crippen molar-refractivity contribution >= 4 is 25.3 Å². The molecule has 0 aliphatic carbocycles. The third-order valence-electron chi connectivity index (χ3n) is 2.96. The first-order chi connectivity index (χ1) is 7.93. The molecular formula is C13H14NOSi. The molecule has 1 aliphatic heterocycles. The number of hydrogen-bond donors (Lipinski definition) is 0. The average Bonchev–Trinajstić information content (AvgIpc) is 2.39. The van der Waals surface area contributed by atoms with Crippen molar-refractivity contribution in [3.8, 4) is 0 Å². The fourth-order valence-corrected chi connectivity index (χ4v) is 4.10. The number of pyridine rings is 1. The van der Waals surface area contributed by atoms with Gasteiger partial charge < -0.3 is 4.43 Å². The van der Waals surface area contributed by atoms with E-state index in [-0.39, 0.29) is 0 Å². The Kier molecular flexibility index (Phi) is 2.72. The van der Waals surface area contributed by atoms with Crippen molar-refractivity contribution in [3.05, 3.63) is 36.4 Å². The lowest BCUT2D eigenvalue weighted by Gasteiger charge is -2.19. The van der Waals surface area contributed by atoms with Gasteiger partial charge in [0.05, 0.1) is 10.8 Å². The average molecular weight is 228 g/mol. The van der Waals surface area contributed by atoms with Crippen LogP contribution >= 0.6 is 0 Å². The lowest BCUT2D eigenvalue weighted by atomic mass is 10.2. The molecule has 0 spiro atoms. The quantitative estimate of drug-likeness (QED) is 0.698. The van der Waals surface area contributed by atoms with Gasteiger partial charge >= 0.3 is 0 Å². The summed E-state index contributed by atoms with van der Waals surface area (Å²) < 4.78 is 5.85. The van der Waals surface area contributed by atoms with Crippen LogP contribution in [0.1, 0.15) is 12.8 Å². The van der Waals surface area contributed by atoms with E-state index in [1.165, 1.54) is 29.6 Å². The minimum absolute atomic E-state index is 0.827. The van der Waals surface area contributed by atoms with Crippen LogP contribution in [0.2, 0.25) is 6.04 Å². The number of para-hydroxylation sites is 1. The molecular weight excluding hydrogens is 214 g/mol. The third kappa shape index (κ3) is 1.88. The van der Waals surface area contributed by atoms with Crippen molar-refractivity contribution in [1.82, 2.24) is 4.98 Å². The van der Waals surface area contributed by atoms with Crippen LogP contribution in [0.4, 0.5) is 0 Å². The predicted molar refractivity (Wildman–Crippen MR) is 67.1 cm³/mol. The molecule has 0 N–H and O–H groups in total. The Morgan fingerprint density at radius 3 is 2.88 bits per heavy atom. The van der Waals surface area contributed by atoms with E-state index in [0.717, 1.165) is 12.1 Å². The minimum Gasteiger partial charge on any atom is -0.410 e. The normalized spacial score (nSPS) is 17.8. The molecule has 2 heterocycles. The molecule has 1 radical (unpaired) electrons. The third-order valence-corrected chi connectivity index (χ3v) is 5.17. The monoisotopic (exact) mass is 228 g/mol. The molecule has 1 aromatic heterocycles. The molecule has 1 aliphatic rings. The van der Waals surface area contributed by atoms with Crippen LogP contribution < -0.4 is 5.32 Å². The first kappa shape index (κ1) is 9.99. The van der Waals surface area contributed by atoms with Crippen LogP contribution in [0.25, 0.3) is 10.9 Å². The second-order valence-corrected chi connectivity index (χ2v) is 6.27. The summed E-state index contributed by atoms with van der Waals surface area (Å²) in [4.78, 5) is 4.72. The van der Waals surface area contributed by atoms with E-state index >= 15 is 0 Å². The van der Waals surface area contributed by atoms with Gasteiger partial charge in [-0.3, -0.25) is 4.98 Å². The summed E-state index contributed by atoms with van der Waals surface area (Å²) in [6, 6.07) is 13.8. The molecule has 1 aromatic carbocycles. The summed E-state index contributed by atoms with van der Waals surface area (Å²) in [5.74, 6) is 0. The molecule has 2 aromatic rings. The Labute approximate surface area is 97.0 Å². The van der Waals surface area contributed by atoms with Gasteiger partial charge in [-0.05, 0) is 24.6 Å². The van der Waals surface area contributed by atoms with Crippen molar-refractivity contribution < 1.29 is 4.43 Å². The summed E-state index contributed by atoms with van der Waals surface area (Å²) >= 11 is 0. The molecule has 1 saturated heterocycles. The second-order valence-electron chi connectivity index (χ2n) is 4.12. The lowest BCUT2D eigenvalue weighted by molar-refractivity contribution is 0.294. The Hall–Kier alpha value is -1.19. The zero-order chi connectivity index (χ0) is 10.8. The zero-order valence-corrected chi connectivity index (χ0v) is 10.1. The number of fused-ring (bicyclic) bond motifs is 1. The highest BCUT2D eigenvalue weighted by atomic mass is 28.3. The number of hydrogen-bond acceptors (Lipinski definition) is 2. The zero-order valence-electron chi connectivity index (χ0n) is 9.15. The SMILES string of the molecule is c1ccc2nc([Si]3CCCCO3)ccc2c1. The molecule has 3 rings (SSSR count). The van der Waals surface area contributed by atoms with Gasteiger partial charge in [0.2, 0.25) is 0 Å². The highest BCUT2D eigenvalue weighted by Gasteiger charge is 2.21. The van der Waals surface area contributed by atoms with E-state index in [2.05, 4.69) is 30.3 Å². The maximum Gasteiger partial charge on any atom is 0.266 e. The summed E-state index contributed by atoms with van der Waals surface area (Å²) in [6.07, 6.45) is 2.50. The first-order valence-electron chi connectivity index (χ1n) is 5.78. The molecule has 0 amide bonds. The molecule has 16 heavy (non-hydrogen) atoms. The van der Waals surface area contributed by atoms with Crippen molar-refractivity contribution in [2.24, 2.45) is 0 Å². The number of nitrogens with zero attached hydrogens (tertiary/aromatic N) is 1. The molecule has 0 atom stereocenters. The van der Waals surface area contributed by atoms with Crippen LogP contribution in [0.15, 0.2) is 36.4 Å². The van der Waals surface area contributed by atoms with Gasteiger partial charge in [0, 0.05) is 12.0 Å². The fraction of sp³-hybridized carbons (Fsp3) is 0.308. The molecule has 0 unspecified atom stereocenters. The van der Waals surface area contributed by atoms with Gasteiger partial charge in [0.1, 0.15) is 0 Å². The van der Waals surface area contributed by atoms with Crippen molar-refractivity contribution in [2.75, 3.05) is 6.61 Å². The number of aromatic nitrogens is 1.